The van der Waals surface area contributed by atoms with E-state index in [1.165, 1.54) is 21.5 Å². The Morgan fingerprint density at radius 2 is 0.824 bits per heavy atom. The minimum atomic E-state index is -0.750. The first-order valence-corrected chi connectivity index (χ1v) is 5.44. The van der Waals surface area contributed by atoms with Crippen LogP contribution in [-0.4, -0.2) is 17.7 Å². The highest BCUT2D eigenvalue weighted by Crippen LogP contribution is 2.21. The number of fused-ring (bicyclic) bond motifs is 2. The third-order valence-corrected chi connectivity index (χ3v) is 2.61. The van der Waals surface area contributed by atoms with Gasteiger partial charge in [-0.3, -0.25) is 0 Å². The molecule has 3 heteroatoms. The van der Waals surface area contributed by atoms with E-state index < -0.39 is 7.69 Å². The summed E-state index contributed by atoms with van der Waals surface area (Å²) in [7, 11) is -0.750. The van der Waals surface area contributed by atoms with Crippen LogP contribution in [0.15, 0.2) is 60.7 Å². The molecular formula is C14H13BO2. The molecule has 84 valence electrons. The maximum atomic E-state index is 7.12. The molecule has 0 heterocycles. The Bertz CT molecular complexity index is 517. The molecule has 0 amide bonds. The third-order valence-electron chi connectivity index (χ3n) is 2.61. The van der Waals surface area contributed by atoms with Gasteiger partial charge < -0.3 is 10.0 Å². The molecule has 2 N–H and O–H groups in total. The van der Waals surface area contributed by atoms with Gasteiger partial charge in [0.15, 0.2) is 0 Å². The van der Waals surface area contributed by atoms with Gasteiger partial charge in [-0.2, -0.15) is 0 Å². The van der Waals surface area contributed by atoms with Crippen molar-refractivity contribution < 1.29 is 10.0 Å². The molecule has 0 aliphatic heterocycles. The molecule has 0 saturated heterocycles. The zero-order chi connectivity index (χ0) is 12.1. The lowest BCUT2D eigenvalue weighted by molar-refractivity contribution is 0.448. The van der Waals surface area contributed by atoms with Crippen LogP contribution >= 0.6 is 0 Å². The summed E-state index contributed by atoms with van der Waals surface area (Å²) in [4.78, 5) is 0. The predicted molar refractivity (Wildman–Crippen MR) is 73.0 cm³/mol. The topological polar surface area (TPSA) is 40.5 Å². The van der Waals surface area contributed by atoms with Crippen molar-refractivity contribution in [2.45, 2.75) is 0 Å². The minimum Gasteiger partial charge on any atom is -0.430 e. The Labute approximate surface area is 100 Å². The van der Waals surface area contributed by atoms with Crippen LogP contribution < -0.4 is 0 Å². The zero-order valence-electron chi connectivity index (χ0n) is 9.38. The van der Waals surface area contributed by atoms with E-state index in [4.69, 9.17) is 10.0 Å². The van der Waals surface area contributed by atoms with Gasteiger partial charge in [0.05, 0.1) is 0 Å². The molecule has 2 nitrogen and oxygen atoms in total. The van der Waals surface area contributed by atoms with Gasteiger partial charge in [-0.15, -0.1) is 0 Å². The van der Waals surface area contributed by atoms with Gasteiger partial charge in [0.2, 0.25) is 0 Å². The Kier molecular flexibility index (Phi) is 3.75. The van der Waals surface area contributed by atoms with Crippen LogP contribution in [0.5, 0.6) is 0 Å². The third kappa shape index (κ3) is 2.64. The highest BCUT2D eigenvalue weighted by atomic mass is 16.4. The first-order chi connectivity index (χ1) is 8.35. The van der Waals surface area contributed by atoms with Crippen molar-refractivity contribution in [2.75, 3.05) is 0 Å². The Balaban J connectivity index is 0.000000329. The smallest absolute Gasteiger partial charge is 0.430 e. The summed E-state index contributed by atoms with van der Waals surface area (Å²) < 4.78 is 0. The summed E-state index contributed by atoms with van der Waals surface area (Å²) in [5, 5.41) is 19.5. The van der Waals surface area contributed by atoms with Crippen molar-refractivity contribution in [1.82, 2.24) is 0 Å². The first kappa shape index (κ1) is 11.6. The van der Waals surface area contributed by atoms with E-state index >= 15 is 0 Å². The second-order valence-electron chi connectivity index (χ2n) is 3.69. The average molecular weight is 224 g/mol. The van der Waals surface area contributed by atoms with E-state index in [9.17, 15) is 0 Å². The second kappa shape index (κ2) is 5.48. The number of rotatable bonds is 0. The van der Waals surface area contributed by atoms with Crippen molar-refractivity contribution >= 4 is 29.2 Å². The number of hydrogen-bond donors (Lipinski definition) is 2. The van der Waals surface area contributed by atoms with Crippen LogP contribution in [-0.2, 0) is 0 Å². The predicted octanol–water partition coefficient (Wildman–Crippen LogP) is 2.23. The van der Waals surface area contributed by atoms with E-state index in [0.717, 1.165) is 0 Å². The largest absolute Gasteiger partial charge is 0.432 e. The fourth-order valence-corrected chi connectivity index (χ4v) is 1.88. The van der Waals surface area contributed by atoms with E-state index in [0.29, 0.717) is 0 Å². The van der Waals surface area contributed by atoms with Crippen LogP contribution in [0.25, 0.3) is 21.5 Å². The van der Waals surface area contributed by atoms with Gasteiger partial charge >= 0.3 is 7.69 Å². The van der Waals surface area contributed by atoms with E-state index in [1.807, 2.05) is 0 Å². The summed E-state index contributed by atoms with van der Waals surface area (Å²) >= 11 is 0. The normalized spacial score (nSPS) is 9.76. The maximum absolute atomic E-state index is 7.12. The Morgan fingerprint density at radius 1 is 0.588 bits per heavy atom. The van der Waals surface area contributed by atoms with Gasteiger partial charge in [0.1, 0.15) is 0 Å². The van der Waals surface area contributed by atoms with Crippen molar-refractivity contribution in [3.63, 3.8) is 0 Å². The molecule has 0 aliphatic rings. The molecule has 0 bridgehead atoms. The maximum Gasteiger partial charge on any atom is 0.432 e. The molecule has 0 atom stereocenters. The molecule has 3 aromatic rings. The van der Waals surface area contributed by atoms with E-state index in [-0.39, 0.29) is 0 Å². The van der Waals surface area contributed by atoms with Crippen LogP contribution in [0.1, 0.15) is 0 Å². The Morgan fingerprint density at radius 3 is 1.06 bits per heavy atom. The van der Waals surface area contributed by atoms with E-state index in [1.54, 1.807) is 0 Å². The second-order valence-corrected chi connectivity index (χ2v) is 3.69. The molecule has 0 spiro atoms. The van der Waals surface area contributed by atoms with Gasteiger partial charge in [0, 0.05) is 0 Å². The molecule has 0 aromatic heterocycles. The molecular weight excluding hydrogens is 211 g/mol. The summed E-state index contributed by atoms with van der Waals surface area (Å²) in [6, 6.07) is 21.4. The summed E-state index contributed by atoms with van der Waals surface area (Å²) in [6.07, 6.45) is 0. The average Bonchev–Trinajstić information content (AvgIpc) is 2.37. The van der Waals surface area contributed by atoms with Gasteiger partial charge in [-0.05, 0) is 33.7 Å². The number of hydrogen-bond acceptors (Lipinski definition) is 2. The quantitative estimate of drug-likeness (QED) is 0.454. The number of benzene rings is 3. The summed E-state index contributed by atoms with van der Waals surface area (Å²) in [5.74, 6) is 0. The molecule has 0 radical (unpaired) electrons. The molecule has 17 heavy (non-hydrogen) atoms. The molecule has 3 aromatic carbocycles. The fourth-order valence-electron chi connectivity index (χ4n) is 1.88. The molecule has 0 unspecified atom stereocenters. The molecule has 3 rings (SSSR count). The standard InChI is InChI=1S/C14H10.BH3O2/c1-2-6-12-10-14-8-4-3-7-13(14)9-11(12)5-1;2-1-3/h1-10H;1-3H. The first-order valence-electron chi connectivity index (χ1n) is 5.44. The van der Waals surface area contributed by atoms with Crippen LogP contribution in [0.2, 0.25) is 0 Å². The van der Waals surface area contributed by atoms with Gasteiger partial charge in [-0.1, -0.05) is 48.5 Å². The van der Waals surface area contributed by atoms with Gasteiger partial charge in [0.25, 0.3) is 0 Å². The van der Waals surface area contributed by atoms with Crippen molar-refractivity contribution in [3.8, 4) is 0 Å². The van der Waals surface area contributed by atoms with Crippen molar-refractivity contribution in [1.29, 1.82) is 0 Å². The molecule has 0 saturated carbocycles. The fraction of sp³-hybridized carbons (Fsp3) is 0. The minimum absolute atomic E-state index is 0.750. The lowest BCUT2D eigenvalue weighted by atomic mass is 10.0. The molecule has 0 fully saturated rings. The lowest BCUT2D eigenvalue weighted by Crippen LogP contribution is -1.75. The lowest BCUT2D eigenvalue weighted by Gasteiger charge is -2.00. The van der Waals surface area contributed by atoms with Crippen molar-refractivity contribution in [2.24, 2.45) is 0 Å². The van der Waals surface area contributed by atoms with E-state index in [2.05, 4.69) is 60.7 Å². The SMILES string of the molecule is OBO.c1ccc2cc3ccccc3cc2c1. The van der Waals surface area contributed by atoms with Crippen LogP contribution in [0.4, 0.5) is 0 Å². The monoisotopic (exact) mass is 224 g/mol. The zero-order valence-corrected chi connectivity index (χ0v) is 9.38. The van der Waals surface area contributed by atoms with Gasteiger partial charge in [-0.25, -0.2) is 0 Å². The van der Waals surface area contributed by atoms with Crippen LogP contribution in [0, 0.1) is 0 Å². The summed E-state index contributed by atoms with van der Waals surface area (Å²) in [5.41, 5.74) is 0. The Hall–Kier alpha value is -1.84. The molecule has 0 aliphatic carbocycles. The van der Waals surface area contributed by atoms with Crippen molar-refractivity contribution in [3.05, 3.63) is 60.7 Å². The van der Waals surface area contributed by atoms with Crippen LogP contribution in [0.3, 0.4) is 0 Å². The summed E-state index contributed by atoms with van der Waals surface area (Å²) in [6.45, 7) is 0. The highest BCUT2D eigenvalue weighted by Gasteiger charge is 1.95. The highest BCUT2D eigenvalue weighted by molar-refractivity contribution is 6.13.